The van der Waals surface area contributed by atoms with E-state index < -0.39 is 7.12 Å². The van der Waals surface area contributed by atoms with Gasteiger partial charge in [-0.25, -0.2) is 0 Å². The minimum Gasteiger partial charge on any atom is -0.399 e. The summed E-state index contributed by atoms with van der Waals surface area (Å²) in [6.45, 7) is 8.28. The number of primary amides is 1. The molecule has 0 aliphatic carbocycles. The molecule has 5 nitrogen and oxygen atoms in total. The molecule has 2 aromatic rings. The fourth-order valence-electron chi connectivity index (χ4n) is 2.63. The first-order valence-electron chi connectivity index (χ1n) is 7.42. The minimum absolute atomic E-state index is 0.163. The molecular weight excluding hydrogens is 279 g/mol. The van der Waals surface area contributed by atoms with Gasteiger partial charge in [0.2, 0.25) is 5.91 Å². The Morgan fingerprint density at radius 2 is 1.82 bits per heavy atom. The van der Waals surface area contributed by atoms with Crippen LogP contribution in [0.25, 0.3) is 10.9 Å². The second-order valence-electron chi connectivity index (χ2n) is 6.82. The number of carbonyl (C=O) groups is 1. The highest BCUT2D eigenvalue weighted by Gasteiger charge is 2.51. The summed E-state index contributed by atoms with van der Waals surface area (Å²) >= 11 is 0. The third kappa shape index (κ3) is 2.42. The van der Waals surface area contributed by atoms with Gasteiger partial charge in [-0.3, -0.25) is 4.79 Å². The van der Waals surface area contributed by atoms with Crippen molar-refractivity contribution in [3.05, 3.63) is 30.5 Å². The second-order valence-corrected chi connectivity index (χ2v) is 6.82. The molecular formula is C16H21BN2O3. The van der Waals surface area contributed by atoms with Crippen molar-refractivity contribution in [2.24, 2.45) is 5.73 Å². The van der Waals surface area contributed by atoms with Crippen LogP contribution in [0.1, 0.15) is 27.7 Å². The summed E-state index contributed by atoms with van der Waals surface area (Å²) in [4.78, 5) is 11.2. The Kier molecular flexibility index (Phi) is 3.34. The molecule has 1 aliphatic heterocycles. The van der Waals surface area contributed by atoms with Gasteiger partial charge >= 0.3 is 7.12 Å². The number of hydrogen-bond donors (Lipinski definition) is 1. The SMILES string of the molecule is CC1(C)OB(c2ccc3ccn(CC(N)=O)c3c2)OC1(C)C. The van der Waals surface area contributed by atoms with Crippen LogP contribution in [-0.2, 0) is 20.6 Å². The lowest BCUT2D eigenvalue weighted by Crippen LogP contribution is -2.41. The molecule has 0 unspecified atom stereocenters. The summed E-state index contributed by atoms with van der Waals surface area (Å²) in [7, 11) is -0.411. The van der Waals surface area contributed by atoms with E-state index >= 15 is 0 Å². The van der Waals surface area contributed by atoms with Crippen LogP contribution in [0.15, 0.2) is 30.5 Å². The van der Waals surface area contributed by atoms with Gasteiger partial charge in [0.25, 0.3) is 0 Å². The lowest BCUT2D eigenvalue weighted by Gasteiger charge is -2.32. The number of carbonyl (C=O) groups excluding carboxylic acids is 1. The molecule has 2 heterocycles. The van der Waals surface area contributed by atoms with Crippen molar-refractivity contribution in [1.29, 1.82) is 0 Å². The van der Waals surface area contributed by atoms with E-state index in [0.717, 1.165) is 16.4 Å². The Morgan fingerprint density at radius 1 is 1.18 bits per heavy atom. The molecule has 1 saturated heterocycles. The summed E-state index contributed by atoms with van der Waals surface area (Å²) in [6, 6.07) is 7.97. The first kappa shape index (κ1) is 15.1. The zero-order chi connectivity index (χ0) is 16.1. The van der Waals surface area contributed by atoms with Gasteiger partial charge in [-0.2, -0.15) is 0 Å². The molecule has 1 aromatic carbocycles. The summed E-state index contributed by atoms with van der Waals surface area (Å²) in [5, 5.41) is 1.06. The molecule has 0 bridgehead atoms. The Hall–Kier alpha value is -1.79. The number of benzene rings is 1. The van der Waals surface area contributed by atoms with Crippen LogP contribution in [0.2, 0.25) is 0 Å². The third-order valence-electron chi connectivity index (χ3n) is 4.65. The van der Waals surface area contributed by atoms with Crippen molar-refractivity contribution in [3.8, 4) is 0 Å². The van der Waals surface area contributed by atoms with E-state index in [9.17, 15) is 4.79 Å². The highest BCUT2D eigenvalue weighted by Crippen LogP contribution is 2.36. The Balaban J connectivity index is 1.97. The van der Waals surface area contributed by atoms with Gasteiger partial charge in [-0.1, -0.05) is 12.1 Å². The number of nitrogens with two attached hydrogens (primary N) is 1. The smallest absolute Gasteiger partial charge is 0.399 e. The van der Waals surface area contributed by atoms with Gasteiger partial charge in [0, 0.05) is 11.7 Å². The monoisotopic (exact) mass is 300 g/mol. The van der Waals surface area contributed by atoms with Gasteiger partial charge in [-0.05, 0) is 50.7 Å². The van der Waals surface area contributed by atoms with E-state index in [1.165, 1.54) is 0 Å². The molecule has 0 radical (unpaired) electrons. The summed E-state index contributed by atoms with van der Waals surface area (Å²) in [5.41, 5.74) is 6.44. The lowest BCUT2D eigenvalue weighted by molar-refractivity contribution is -0.118. The maximum atomic E-state index is 11.2. The summed E-state index contributed by atoms with van der Waals surface area (Å²) < 4.78 is 14.0. The molecule has 0 spiro atoms. The molecule has 6 heteroatoms. The minimum atomic E-state index is -0.411. The zero-order valence-corrected chi connectivity index (χ0v) is 13.4. The van der Waals surface area contributed by atoms with Crippen LogP contribution in [0.4, 0.5) is 0 Å². The number of aromatic nitrogens is 1. The number of rotatable bonds is 3. The van der Waals surface area contributed by atoms with E-state index in [4.69, 9.17) is 15.0 Å². The van der Waals surface area contributed by atoms with E-state index in [2.05, 4.69) is 0 Å². The Morgan fingerprint density at radius 3 is 2.41 bits per heavy atom. The Bertz CT molecular complexity index is 720. The molecule has 1 fully saturated rings. The van der Waals surface area contributed by atoms with E-state index in [1.807, 2.05) is 62.7 Å². The largest absolute Gasteiger partial charge is 0.494 e. The van der Waals surface area contributed by atoms with Crippen LogP contribution in [0, 0.1) is 0 Å². The van der Waals surface area contributed by atoms with Gasteiger partial charge in [0.1, 0.15) is 6.54 Å². The molecule has 1 amide bonds. The standard InChI is InChI=1S/C16H21BN2O3/c1-15(2)16(3,4)22-17(21-15)12-6-5-11-7-8-19(10-14(18)20)13(11)9-12/h5-9H,10H2,1-4H3,(H2,18,20). The second kappa shape index (κ2) is 4.86. The van der Waals surface area contributed by atoms with Crippen LogP contribution in [0.3, 0.4) is 0 Å². The van der Waals surface area contributed by atoms with Crippen LogP contribution >= 0.6 is 0 Å². The van der Waals surface area contributed by atoms with E-state index in [0.29, 0.717) is 0 Å². The van der Waals surface area contributed by atoms with Crippen molar-refractivity contribution in [1.82, 2.24) is 4.57 Å². The summed E-state index contributed by atoms with van der Waals surface area (Å²) in [5.74, 6) is -0.362. The average molecular weight is 300 g/mol. The van der Waals surface area contributed by atoms with Gasteiger partial charge in [0.05, 0.1) is 11.2 Å². The molecule has 116 valence electrons. The lowest BCUT2D eigenvalue weighted by atomic mass is 9.79. The topological polar surface area (TPSA) is 66.5 Å². The fourth-order valence-corrected chi connectivity index (χ4v) is 2.63. The molecule has 2 N–H and O–H groups in total. The van der Waals surface area contributed by atoms with Crippen molar-refractivity contribution in [2.45, 2.75) is 45.4 Å². The Labute approximate surface area is 130 Å². The molecule has 0 atom stereocenters. The van der Waals surface area contributed by atoms with Gasteiger partial charge in [-0.15, -0.1) is 0 Å². The van der Waals surface area contributed by atoms with Crippen molar-refractivity contribution in [3.63, 3.8) is 0 Å². The molecule has 0 saturated carbocycles. The maximum absolute atomic E-state index is 11.2. The third-order valence-corrected chi connectivity index (χ3v) is 4.65. The van der Waals surface area contributed by atoms with Gasteiger partial charge < -0.3 is 19.6 Å². The number of amides is 1. The van der Waals surface area contributed by atoms with Crippen LogP contribution < -0.4 is 11.2 Å². The summed E-state index contributed by atoms with van der Waals surface area (Å²) in [6.07, 6.45) is 1.86. The first-order chi connectivity index (χ1) is 10.2. The molecule has 3 rings (SSSR count). The van der Waals surface area contributed by atoms with Crippen molar-refractivity contribution in [2.75, 3.05) is 0 Å². The van der Waals surface area contributed by atoms with E-state index in [-0.39, 0.29) is 23.7 Å². The molecule has 1 aliphatic rings. The van der Waals surface area contributed by atoms with Crippen LogP contribution in [-0.4, -0.2) is 28.8 Å². The van der Waals surface area contributed by atoms with Gasteiger partial charge in [0.15, 0.2) is 0 Å². The maximum Gasteiger partial charge on any atom is 0.494 e. The number of hydrogen-bond acceptors (Lipinski definition) is 3. The number of nitrogens with zero attached hydrogens (tertiary/aromatic N) is 1. The quantitative estimate of drug-likeness (QED) is 0.872. The van der Waals surface area contributed by atoms with Crippen LogP contribution in [0.5, 0.6) is 0 Å². The predicted octanol–water partition coefficient (Wildman–Crippen LogP) is 1.43. The molecule has 22 heavy (non-hydrogen) atoms. The highest BCUT2D eigenvalue weighted by molar-refractivity contribution is 6.62. The normalized spacial score (nSPS) is 19.7. The first-order valence-corrected chi connectivity index (χ1v) is 7.42. The average Bonchev–Trinajstić information content (AvgIpc) is 2.88. The van der Waals surface area contributed by atoms with E-state index in [1.54, 1.807) is 0 Å². The number of fused-ring (bicyclic) bond motifs is 1. The fraction of sp³-hybridized carbons (Fsp3) is 0.438. The van der Waals surface area contributed by atoms with Crippen molar-refractivity contribution < 1.29 is 14.1 Å². The highest BCUT2D eigenvalue weighted by atomic mass is 16.7. The zero-order valence-electron chi connectivity index (χ0n) is 13.4. The predicted molar refractivity (Wildman–Crippen MR) is 86.8 cm³/mol. The molecule has 1 aromatic heterocycles. The van der Waals surface area contributed by atoms with Crippen molar-refractivity contribution >= 4 is 29.4 Å².